The van der Waals surface area contributed by atoms with Crippen molar-refractivity contribution < 1.29 is 9.53 Å². The predicted molar refractivity (Wildman–Crippen MR) is 117 cm³/mol. The zero-order valence-electron chi connectivity index (χ0n) is 17.6. The van der Waals surface area contributed by atoms with Crippen molar-refractivity contribution in [3.8, 4) is 5.75 Å². The van der Waals surface area contributed by atoms with Crippen molar-refractivity contribution in [2.24, 2.45) is 0 Å². The van der Waals surface area contributed by atoms with Gasteiger partial charge in [-0.25, -0.2) is 4.98 Å². The first-order valence-corrected chi connectivity index (χ1v) is 10.6. The van der Waals surface area contributed by atoms with E-state index in [0.29, 0.717) is 32.0 Å². The van der Waals surface area contributed by atoms with Crippen LogP contribution in [-0.2, 0) is 17.9 Å². The number of imidazole rings is 1. The van der Waals surface area contributed by atoms with Crippen molar-refractivity contribution in [1.29, 1.82) is 0 Å². The number of hydrogen-bond donors (Lipinski definition) is 1. The van der Waals surface area contributed by atoms with Gasteiger partial charge in [0.2, 0.25) is 5.91 Å². The highest BCUT2D eigenvalue weighted by atomic mass is 16.5. The van der Waals surface area contributed by atoms with Gasteiger partial charge in [0.15, 0.2) is 0 Å². The number of nitrogens with zero attached hydrogens (tertiary/aromatic N) is 2. The summed E-state index contributed by atoms with van der Waals surface area (Å²) >= 11 is 0. The number of carbonyl (C=O) groups excluding carboxylic acids is 1. The molecule has 3 aromatic rings. The lowest BCUT2D eigenvalue weighted by Gasteiger charge is -2.13. The van der Waals surface area contributed by atoms with Gasteiger partial charge in [-0.15, -0.1) is 0 Å². The number of benzene rings is 2. The Morgan fingerprint density at radius 1 is 1.14 bits per heavy atom. The minimum Gasteiger partial charge on any atom is -0.492 e. The van der Waals surface area contributed by atoms with Crippen LogP contribution in [0.1, 0.15) is 57.3 Å². The second kappa shape index (κ2) is 10.1. The molecule has 154 valence electrons. The van der Waals surface area contributed by atoms with E-state index in [1.165, 1.54) is 5.56 Å². The summed E-state index contributed by atoms with van der Waals surface area (Å²) in [6.07, 6.45) is 2.51. The molecule has 0 radical (unpaired) electrons. The highest BCUT2D eigenvalue weighted by molar-refractivity contribution is 5.77. The zero-order valence-corrected chi connectivity index (χ0v) is 17.6. The second-order valence-corrected chi connectivity index (χ2v) is 7.42. The summed E-state index contributed by atoms with van der Waals surface area (Å²) in [6.45, 7) is 8.08. The van der Waals surface area contributed by atoms with E-state index in [9.17, 15) is 4.79 Å². The number of amides is 1. The molecule has 1 aromatic heterocycles. The Balaban J connectivity index is 1.67. The van der Waals surface area contributed by atoms with E-state index in [2.05, 4.69) is 41.9 Å². The molecule has 0 bridgehead atoms. The molecule has 0 aliphatic heterocycles. The van der Waals surface area contributed by atoms with Crippen LogP contribution in [0, 0.1) is 0 Å². The number of carbonyl (C=O) groups is 1. The van der Waals surface area contributed by atoms with Gasteiger partial charge in [0.1, 0.15) is 18.2 Å². The van der Waals surface area contributed by atoms with Crippen molar-refractivity contribution in [3.63, 3.8) is 0 Å². The molecule has 0 saturated heterocycles. The van der Waals surface area contributed by atoms with Crippen molar-refractivity contribution in [3.05, 3.63) is 59.9 Å². The first-order valence-electron chi connectivity index (χ1n) is 10.6. The first-order chi connectivity index (χ1) is 14.1. The van der Waals surface area contributed by atoms with Gasteiger partial charge in [0.05, 0.1) is 24.1 Å². The summed E-state index contributed by atoms with van der Waals surface area (Å²) in [5.74, 6) is 2.35. The molecule has 1 atom stereocenters. The molecule has 0 saturated carbocycles. The van der Waals surface area contributed by atoms with Gasteiger partial charge >= 0.3 is 0 Å². The Hall–Kier alpha value is -2.82. The van der Waals surface area contributed by atoms with Crippen molar-refractivity contribution in [1.82, 2.24) is 14.9 Å². The summed E-state index contributed by atoms with van der Waals surface area (Å²) in [4.78, 5) is 16.6. The topological polar surface area (TPSA) is 56.2 Å². The lowest BCUT2D eigenvalue weighted by Crippen LogP contribution is -2.24. The Morgan fingerprint density at radius 3 is 2.62 bits per heavy atom. The van der Waals surface area contributed by atoms with Crippen molar-refractivity contribution in [2.45, 2.75) is 59.0 Å². The maximum absolute atomic E-state index is 11.9. The third-order valence-electron chi connectivity index (χ3n) is 5.30. The van der Waals surface area contributed by atoms with E-state index >= 15 is 0 Å². The molecule has 3 rings (SSSR count). The molecule has 0 aliphatic rings. The van der Waals surface area contributed by atoms with Gasteiger partial charge in [-0.1, -0.05) is 45.0 Å². The quantitative estimate of drug-likeness (QED) is 0.525. The smallest absolute Gasteiger partial charge is 0.220 e. The van der Waals surface area contributed by atoms with Crippen LogP contribution in [0.4, 0.5) is 0 Å². The summed E-state index contributed by atoms with van der Waals surface area (Å²) in [5.41, 5.74) is 3.33. The fourth-order valence-electron chi connectivity index (χ4n) is 3.39. The van der Waals surface area contributed by atoms with Gasteiger partial charge in [-0.2, -0.15) is 0 Å². The number of hydrogen-bond acceptors (Lipinski definition) is 3. The molecule has 2 aromatic carbocycles. The van der Waals surface area contributed by atoms with Crippen molar-refractivity contribution >= 4 is 16.9 Å². The van der Waals surface area contributed by atoms with Crippen molar-refractivity contribution in [2.75, 3.05) is 6.61 Å². The summed E-state index contributed by atoms with van der Waals surface area (Å²) < 4.78 is 8.11. The largest absolute Gasteiger partial charge is 0.492 e. The number of ether oxygens (including phenoxy) is 1. The molecule has 1 heterocycles. The molecule has 0 spiro atoms. The standard InChI is InChI=1S/C24H31N3O2/c1-4-8-24(28)25-17-23-26-21-9-6-7-10-22(21)27(23)15-16-29-20-13-11-19(12-14-20)18(3)5-2/h6-7,9-14,18H,4-5,8,15-17H2,1-3H3,(H,25,28). The van der Waals surface area contributed by atoms with E-state index in [0.717, 1.165) is 35.4 Å². The Kier molecular flexibility index (Phi) is 7.28. The van der Waals surface area contributed by atoms with Crippen LogP contribution < -0.4 is 10.1 Å². The summed E-state index contributed by atoms with van der Waals surface area (Å²) in [5, 5.41) is 2.97. The van der Waals surface area contributed by atoms with Crippen LogP contribution in [0.3, 0.4) is 0 Å². The first kappa shape index (κ1) is 20.9. The minimum absolute atomic E-state index is 0.0590. The lowest BCUT2D eigenvalue weighted by atomic mass is 9.99. The monoisotopic (exact) mass is 393 g/mol. The molecule has 5 nitrogen and oxygen atoms in total. The second-order valence-electron chi connectivity index (χ2n) is 7.42. The number of aromatic nitrogens is 2. The average molecular weight is 394 g/mol. The minimum atomic E-state index is 0.0590. The van der Waals surface area contributed by atoms with E-state index in [4.69, 9.17) is 9.72 Å². The van der Waals surface area contributed by atoms with Crippen LogP contribution >= 0.6 is 0 Å². The SMILES string of the molecule is CCCC(=O)NCc1nc2ccccc2n1CCOc1ccc(C(C)CC)cc1. The Morgan fingerprint density at radius 2 is 1.90 bits per heavy atom. The maximum Gasteiger partial charge on any atom is 0.220 e. The van der Waals surface area contributed by atoms with Crippen LogP contribution in [0.2, 0.25) is 0 Å². The fourth-order valence-corrected chi connectivity index (χ4v) is 3.39. The number of rotatable bonds is 10. The highest BCUT2D eigenvalue weighted by Crippen LogP contribution is 2.22. The van der Waals surface area contributed by atoms with Crippen LogP contribution in [0.25, 0.3) is 11.0 Å². The molecule has 1 N–H and O–H groups in total. The third kappa shape index (κ3) is 5.37. The van der Waals surface area contributed by atoms with E-state index in [1.807, 2.05) is 37.3 Å². The Labute approximate surface area is 173 Å². The molecule has 0 aliphatic carbocycles. The van der Waals surface area contributed by atoms with Gasteiger partial charge in [0, 0.05) is 6.42 Å². The Bertz CT molecular complexity index is 931. The molecule has 1 amide bonds. The molecular weight excluding hydrogens is 362 g/mol. The molecule has 0 fully saturated rings. The fraction of sp³-hybridized carbons (Fsp3) is 0.417. The van der Waals surface area contributed by atoms with E-state index in [1.54, 1.807) is 0 Å². The third-order valence-corrected chi connectivity index (χ3v) is 5.30. The van der Waals surface area contributed by atoms with Crippen LogP contribution in [-0.4, -0.2) is 22.1 Å². The van der Waals surface area contributed by atoms with Gasteiger partial charge < -0.3 is 14.6 Å². The normalized spacial score (nSPS) is 12.1. The van der Waals surface area contributed by atoms with Crippen LogP contribution in [0.15, 0.2) is 48.5 Å². The summed E-state index contributed by atoms with van der Waals surface area (Å²) in [7, 11) is 0. The highest BCUT2D eigenvalue weighted by Gasteiger charge is 2.11. The van der Waals surface area contributed by atoms with Crippen LogP contribution in [0.5, 0.6) is 5.75 Å². The van der Waals surface area contributed by atoms with Gasteiger partial charge in [-0.05, 0) is 48.6 Å². The average Bonchev–Trinajstić information content (AvgIpc) is 3.10. The maximum atomic E-state index is 11.9. The molecule has 5 heteroatoms. The number of fused-ring (bicyclic) bond motifs is 1. The molecular formula is C24H31N3O2. The van der Waals surface area contributed by atoms with E-state index in [-0.39, 0.29) is 5.91 Å². The lowest BCUT2D eigenvalue weighted by molar-refractivity contribution is -0.121. The predicted octanol–water partition coefficient (Wildman–Crippen LogP) is 5.05. The molecule has 1 unspecified atom stereocenters. The van der Waals surface area contributed by atoms with Gasteiger partial charge in [-0.3, -0.25) is 4.79 Å². The zero-order chi connectivity index (χ0) is 20.6. The summed E-state index contributed by atoms with van der Waals surface area (Å²) in [6, 6.07) is 16.4. The number of para-hydroxylation sites is 2. The number of nitrogens with one attached hydrogen (secondary N) is 1. The van der Waals surface area contributed by atoms with Gasteiger partial charge in [0.25, 0.3) is 0 Å². The molecule has 29 heavy (non-hydrogen) atoms. The van der Waals surface area contributed by atoms with E-state index < -0.39 is 0 Å².